The molecule has 3 heteroatoms. The maximum Gasteiger partial charge on any atom is 0.123 e. The molecule has 1 aromatic carbocycles. The van der Waals surface area contributed by atoms with Gasteiger partial charge < -0.3 is 4.90 Å². The number of nitrogens with zero attached hydrogens (tertiary/aromatic N) is 2. The summed E-state index contributed by atoms with van der Waals surface area (Å²) >= 11 is 0. The first kappa shape index (κ1) is 12.1. The van der Waals surface area contributed by atoms with Crippen LogP contribution in [0.15, 0.2) is 18.2 Å². The summed E-state index contributed by atoms with van der Waals surface area (Å²) in [6, 6.07) is 6.47. The SMILES string of the molecule is CC1CC1CN(C)Cc1cc(F)ccc1C#N. The van der Waals surface area contributed by atoms with Crippen molar-refractivity contribution in [1.82, 2.24) is 4.90 Å². The monoisotopic (exact) mass is 232 g/mol. The average molecular weight is 232 g/mol. The fraction of sp³-hybridized carbons (Fsp3) is 0.500. The van der Waals surface area contributed by atoms with Crippen molar-refractivity contribution in [2.45, 2.75) is 19.9 Å². The summed E-state index contributed by atoms with van der Waals surface area (Å²) in [6.07, 6.45) is 1.29. The lowest BCUT2D eigenvalue weighted by molar-refractivity contribution is 0.307. The Balaban J connectivity index is 2.02. The fourth-order valence-corrected chi connectivity index (χ4v) is 2.21. The zero-order valence-electron chi connectivity index (χ0n) is 10.3. The molecule has 0 aromatic heterocycles. The Hall–Kier alpha value is -1.40. The lowest BCUT2D eigenvalue weighted by Crippen LogP contribution is -2.21. The van der Waals surface area contributed by atoms with Gasteiger partial charge >= 0.3 is 0 Å². The van der Waals surface area contributed by atoms with Crippen LogP contribution in [0.3, 0.4) is 0 Å². The molecule has 0 radical (unpaired) electrons. The van der Waals surface area contributed by atoms with Gasteiger partial charge in [-0.25, -0.2) is 4.39 Å². The minimum absolute atomic E-state index is 0.271. The molecule has 1 aromatic rings. The summed E-state index contributed by atoms with van der Waals surface area (Å²) < 4.78 is 13.1. The molecule has 1 aliphatic carbocycles. The summed E-state index contributed by atoms with van der Waals surface area (Å²) in [6.45, 7) is 3.92. The molecular weight excluding hydrogens is 215 g/mol. The topological polar surface area (TPSA) is 27.0 Å². The third-order valence-electron chi connectivity index (χ3n) is 3.45. The summed E-state index contributed by atoms with van der Waals surface area (Å²) in [5.41, 5.74) is 1.35. The Morgan fingerprint density at radius 2 is 2.24 bits per heavy atom. The third kappa shape index (κ3) is 3.04. The van der Waals surface area contributed by atoms with Crippen LogP contribution in [0.4, 0.5) is 4.39 Å². The predicted octanol–water partition coefficient (Wildman–Crippen LogP) is 2.79. The first-order valence-corrected chi connectivity index (χ1v) is 5.97. The Morgan fingerprint density at radius 1 is 1.53 bits per heavy atom. The van der Waals surface area contributed by atoms with Crippen molar-refractivity contribution in [3.63, 3.8) is 0 Å². The van der Waals surface area contributed by atoms with Gasteiger partial charge in [0, 0.05) is 13.1 Å². The first-order valence-electron chi connectivity index (χ1n) is 5.97. The van der Waals surface area contributed by atoms with Crippen LogP contribution >= 0.6 is 0 Å². The van der Waals surface area contributed by atoms with E-state index < -0.39 is 0 Å². The molecule has 2 unspecified atom stereocenters. The second-order valence-electron chi connectivity index (χ2n) is 5.08. The van der Waals surface area contributed by atoms with Crippen LogP contribution < -0.4 is 0 Å². The van der Waals surface area contributed by atoms with Crippen LogP contribution in [0.25, 0.3) is 0 Å². The van der Waals surface area contributed by atoms with Gasteiger partial charge in [-0.3, -0.25) is 0 Å². The standard InChI is InChI=1S/C14H17FN2/c1-10-5-12(10)8-17(2)9-13-6-14(15)4-3-11(13)7-16/h3-4,6,10,12H,5,8-9H2,1-2H3. The number of nitriles is 1. The van der Waals surface area contributed by atoms with Crippen LogP contribution in [-0.4, -0.2) is 18.5 Å². The van der Waals surface area contributed by atoms with Crippen LogP contribution in [0.1, 0.15) is 24.5 Å². The Bertz CT molecular complexity index is 450. The maximum absolute atomic E-state index is 13.1. The highest BCUT2D eigenvalue weighted by Gasteiger charge is 2.33. The number of hydrogen-bond donors (Lipinski definition) is 0. The lowest BCUT2D eigenvalue weighted by atomic mass is 10.1. The second-order valence-corrected chi connectivity index (χ2v) is 5.08. The molecule has 0 heterocycles. The van der Waals surface area contributed by atoms with E-state index in [0.29, 0.717) is 12.1 Å². The van der Waals surface area contributed by atoms with Crippen molar-refractivity contribution < 1.29 is 4.39 Å². The molecule has 2 atom stereocenters. The third-order valence-corrected chi connectivity index (χ3v) is 3.45. The average Bonchev–Trinajstić information content (AvgIpc) is 2.94. The normalized spacial score (nSPS) is 22.5. The van der Waals surface area contributed by atoms with Crippen molar-refractivity contribution in [3.05, 3.63) is 35.1 Å². The van der Waals surface area contributed by atoms with Crippen molar-refractivity contribution in [1.29, 1.82) is 5.26 Å². The minimum Gasteiger partial charge on any atom is -0.302 e. The first-order chi connectivity index (χ1) is 8.10. The summed E-state index contributed by atoms with van der Waals surface area (Å²) in [5, 5.41) is 8.97. The minimum atomic E-state index is -0.271. The van der Waals surface area contributed by atoms with E-state index in [0.717, 1.165) is 23.9 Å². The van der Waals surface area contributed by atoms with E-state index in [1.54, 1.807) is 6.07 Å². The van der Waals surface area contributed by atoms with Gasteiger partial charge in [0.1, 0.15) is 5.82 Å². The molecule has 0 bridgehead atoms. The summed E-state index contributed by atoms with van der Waals surface area (Å²) in [7, 11) is 2.02. The number of benzene rings is 1. The van der Waals surface area contributed by atoms with Gasteiger partial charge in [0.25, 0.3) is 0 Å². The molecule has 0 saturated heterocycles. The number of hydrogen-bond acceptors (Lipinski definition) is 2. The lowest BCUT2D eigenvalue weighted by Gasteiger charge is -2.17. The number of rotatable bonds is 4. The van der Waals surface area contributed by atoms with Crippen LogP contribution in [0.2, 0.25) is 0 Å². The van der Waals surface area contributed by atoms with Gasteiger partial charge in [-0.2, -0.15) is 5.26 Å². The van der Waals surface area contributed by atoms with Crippen LogP contribution in [-0.2, 0) is 6.54 Å². The molecule has 0 amide bonds. The highest BCUT2D eigenvalue weighted by atomic mass is 19.1. The van der Waals surface area contributed by atoms with E-state index in [1.165, 1.54) is 18.6 Å². The molecule has 0 N–H and O–H groups in total. The van der Waals surface area contributed by atoms with E-state index in [4.69, 9.17) is 5.26 Å². The molecule has 1 fully saturated rings. The van der Waals surface area contributed by atoms with Gasteiger partial charge in [0.2, 0.25) is 0 Å². The zero-order chi connectivity index (χ0) is 12.4. The van der Waals surface area contributed by atoms with E-state index in [2.05, 4.69) is 17.9 Å². The van der Waals surface area contributed by atoms with Crippen molar-refractivity contribution >= 4 is 0 Å². The molecule has 2 rings (SSSR count). The van der Waals surface area contributed by atoms with Gasteiger partial charge in [0.15, 0.2) is 0 Å². The zero-order valence-corrected chi connectivity index (χ0v) is 10.3. The summed E-state index contributed by atoms with van der Waals surface area (Å²) in [5.74, 6) is 1.33. The molecule has 0 spiro atoms. The van der Waals surface area contributed by atoms with Crippen molar-refractivity contribution in [3.8, 4) is 6.07 Å². The molecule has 2 nitrogen and oxygen atoms in total. The van der Waals surface area contributed by atoms with Crippen LogP contribution in [0.5, 0.6) is 0 Å². The highest BCUT2D eigenvalue weighted by molar-refractivity contribution is 5.37. The van der Waals surface area contributed by atoms with E-state index >= 15 is 0 Å². The van der Waals surface area contributed by atoms with Gasteiger partial charge in [0.05, 0.1) is 11.6 Å². The van der Waals surface area contributed by atoms with Crippen LogP contribution in [0, 0.1) is 29.0 Å². The molecule has 17 heavy (non-hydrogen) atoms. The van der Waals surface area contributed by atoms with E-state index in [-0.39, 0.29) is 5.82 Å². The predicted molar refractivity (Wildman–Crippen MR) is 64.7 cm³/mol. The van der Waals surface area contributed by atoms with Gasteiger partial charge in [-0.05, 0) is 49.1 Å². The quantitative estimate of drug-likeness (QED) is 0.798. The smallest absolute Gasteiger partial charge is 0.123 e. The Morgan fingerprint density at radius 3 is 2.82 bits per heavy atom. The maximum atomic E-state index is 13.1. The van der Waals surface area contributed by atoms with E-state index in [1.807, 2.05) is 7.05 Å². The summed E-state index contributed by atoms with van der Waals surface area (Å²) in [4.78, 5) is 2.17. The number of halogens is 1. The molecule has 1 aliphatic rings. The largest absolute Gasteiger partial charge is 0.302 e. The molecule has 0 aliphatic heterocycles. The fourth-order valence-electron chi connectivity index (χ4n) is 2.21. The van der Waals surface area contributed by atoms with Gasteiger partial charge in [-0.15, -0.1) is 0 Å². The highest BCUT2D eigenvalue weighted by Crippen LogP contribution is 2.38. The molecular formula is C14H17FN2. The Labute approximate surface area is 102 Å². The Kier molecular flexibility index (Phi) is 3.44. The van der Waals surface area contributed by atoms with Gasteiger partial charge in [-0.1, -0.05) is 6.92 Å². The second kappa shape index (κ2) is 4.85. The van der Waals surface area contributed by atoms with Crippen molar-refractivity contribution in [2.24, 2.45) is 11.8 Å². The molecule has 1 saturated carbocycles. The molecule has 90 valence electrons. The van der Waals surface area contributed by atoms with Crippen molar-refractivity contribution in [2.75, 3.05) is 13.6 Å². The van der Waals surface area contributed by atoms with E-state index in [9.17, 15) is 4.39 Å².